The van der Waals surface area contributed by atoms with Gasteiger partial charge in [-0.3, -0.25) is 0 Å². The molecular formula is C31H36N2O6. The zero-order valence-corrected chi connectivity index (χ0v) is 22.8. The van der Waals surface area contributed by atoms with Crippen molar-refractivity contribution in [3.05, 3.63) is 78.1 Å². The van der Waals surface area contributed by atoms with E-state index in [0.29, 0.717) is 32.4 Å². The average molecular weight is 533 g/mol. The Bertz CT molecular complexity index is 1380. The number of rotatable bonds is 6. The smallest absolute Gasteiger partial charge is 0.359 e. The molecule has 0 radical (unpaired) electrons. The first-order valence-corrected chi connectivity index (χ1v) is 13.5. The summed E-state index contributed by atoms with van der Waals surface area (Å²) in [5.74, 6) is -0.328. The van der Waals surface area contributed by atoms with Crippen molar-refractivity contribution in [2.75, 3.05) is 27.3 Å². The van der Waals surface area contributed by atoms with Gasteiger partial charge in [0.05, 0.1) is 25.4 Å². The number of hydrogen-bond donors (Lipinski definition) is 1. The number of aliphatic hydroxyl groups is 1. The fourth-order valence-electron chi connectivity index (χ4n) is 6.45. The van der Waals surface area contributed by atoms with Gasteiger partial charge in [0.2, 0.25) is 5.72 Å². The normalized spacial score (nSPS) is 24.9. The lowest BCUT2D eigenvalue weighted by Crippen LogP contribution is -2.55. The average Bonchev–Trinajstić information content (AvgIpc) is 3.30. The molecule has 0 saturated heterocycles. The predicted octanol–water partition coefficient (Wildman–Crippen LogP) is 4.70. The van der Waals surface area contributed by atoms with E-state index in [1.165, 1.54) is 20.3 Å². The first-order chi connectivity index (χ1) is 18.9. The molecular weight excluding hydrogens is 496 g/mol. The highest BCUT2D eigenvalue weighted by Gasteiger charge is 2.58. The van der Waals surface area contributed by atoms with Crippen LogP contribution >= 0.6 is 0 Å². The number of ether oxygens (including phenoxy) is 3. The number of esters is 2. The molecule has 8 nitrogen and oxygen atoms in total. The summed E-state index contributed by atoms with van der Waals surface area (Å²) in [4.78, 5) is 27.3. The van der Waals surface area contributed by atoms with E-state index in [9.17, 15) is 14.7 Å². The predicted molar refractivity (Wildman–Crippen MR) is 147 cm³/mol. The summed E-state index contributed by atoms with van der Waals surface area (Å²) >= 11 is 0. The van der Waals surface area contributed by atoms with E-state index in [4.69, 9.17) is 14.2 Å². The van der Waals surface area contributed by atoms with E-state index in [2.05, 4.69) is 11.8 Å². The van der Waals surface area contributed by atoms with Crippen LogP contribution in [-0.2, 0) is 31.2 Å². The zero-order valence-electron chi connectivity index (χ0n) is 22.8. The van der Waals surface area contributed by atoms with Gasteiger partial charge in [0, 0.05) is 42.6 Å². The van der Waals surface area contributed by atoms with Crippen molar-refractivity contribution in [1.29, 1.82) is 0 Å². The van der Waals surface area contributed by atoms with E-state index in [-0.39, 0.29) is 6.42 Å². The largest absolute Gasteiger partial charge is 0.484 e. The SMILES string of the molecule is CC[C@]12CCCN(/C=C/C(=O)OC)CCc3c(n(c4ccccc34)[C@@](O)(C(=O)OC)C1)[C@@H]2Oc1ccccc1. The topological polar surface area (TPSA) is 90.2 Å². The summed E-state index contributed by atoms with van der Waals surface area (Å²) in [5, 5.41) is 13.2. The van der Waals surface area contributed by atoms with Gasteiger partial charge in [-0.25, -0.2) is 9.59 Å². The van der Waals surface area contributed by atoms with Crippen molar-refractivity contribution < 1.29 is 28.9 Å². The van der Waals surface area contributed by atoms with E-state index >= 15 is 0 Å². The van der Waals surface area contributed by atoms with Gasteiger partial charge in [-0.1, -0.05) is 43.3 Å². The second kappa shape index (κ2) is 10.8. The molecule has 0 aliphatic carbocycles. The summed E-state index contributed by atoms with van der Waals surface area (Å²) in [6.07, 6.45) is 5.80. The number of fused-ring (bicyclic) bond motifs is 4. The van der Waals surface area contributed by atoms with Gasteiger partial charge in [-0.15, -0.1) is 0 Å². The van der Waals surface area contributed by atoms with Gasteiger partial charge >= 0.3 is 11.9 Å². The van der Waals surface area contributed by atoms with Crippen LogP contribution in [0.2, 0.25) is 0 Å². The summed E-state index contributed by atoms with van der Waals surface area (Å²) in [6.45, 7) is 3.44. The Kier molecular flexibility index (Phi) is 7.40. The van der Waals surface area contributed by atoms with Gasteiger partial charge in [0.1, 0.15) is 11.9 Å². The Morgan fingerprint density at radius 3 is 2.51 bits per heavy atom. The second-order valence-electron chi connectivity index (χ2n) is 10.5. The lowest BCUT2D eigenvalue weighted by Gasteiger charge is -2.50. The van der Waals surface area contributed by atoms with Crippen molar-refractivity contribution in [3.8, 4) is 5.75 Å². The standard InChI is InChI=1S/C31H36N2O6/c1-4-30-17-10-18-32(20-16-26(34)37-2)19-15-24-23-13-8-9-14-25(23)33(31(36,21-30)29(35)38-3)27(24)28(30)39-22-11-6-5-7-12-22/h5-9,11-14,16,20,28,36H,4,10,15,17-19,21H2,1-3H3/b20-16+/t28-,30-,31-/m0/s1. The van der Waals surface area contributed by atoms with Gasteiger partial charge < -0.3 is 28.8 Å². The molecule has 0 spiro atoms. The minimum Gasteiger partial charge on any atom is -0.484 e. The number of benzene rings is 2. The van der Waals surface area contributed by atoms with Crippen LogP contribution in [0.3, 0.4) is 0 Å². The number of carbonyl (C=O) groups is 2. The molecule has 2 aromatic carbocycles. The number of aromatic nitrogens is 1. The lowest BCUT2D eigenvalue weighted by atomic mass is 9.66. The monoisotopic (exact) mass is 532 g/mol. The molecule has 5 rings (SSSR count). The van der Waals surface area contributed by atoms with Crippen molar-refractivity contribution in [1.82, 2.24) is 9.47 Å². The summed E-state index contributed by atoms with van der Waals surface area (Å²) in [6, 6.07) is 17.6. The summed E-state index contributed by atoms with van der Waals surface area (Å²) in [7, 11) is 2.69. The number of para-hydroxylation sites is 2. The Morgan fingerprint density at radius 1 is 1.05 bits per heavy atom. The fraction of sp³-hybridized carbons (Fsp3) is 0.419. The molecule has 0 amide bonds. The third-order valence-corrected chi connectivity index (χ3v) is 8.40. The Hall–Kier alpha value is -3.78. The number of nitrogens with zero attached hydrogens (tertiary/aromatic N) is 2. The van der Waals surface area contributed by atoms with E-state index in [1.807, 2.05) is 54.6 Å². The molecule has 1 N–H and O–H groups in total. The molecule has 0 fully saturated rings. The zero-order chi connectivity index (χ0) is 27.6. The highest BCUT2D eigenvalue weighted by molar-refractivity contribution is 5.89. The highest BCUT2D eigenvalue weighted by Crippen LogP contribution is 2.57. The van der Waals surface area contributed by atoms with Crippen molar-refractivity contribution >= 4 is 22.8 Å². The first-order valence-electron chi connectivity index (χ1n) is 13.5. The van der Waals surface area contributed by atoms with Gasteiger partial charge in [-0.05, 0) is 49.4 Å². The second-order valence-corrected chi connectivity index (χ2v) is 10.5. The van der Waals surface area contributed by atoms with Gasteiger partial charge in [-0.2, -0.15) is 0 Å². The molecule has 1 aromatic heterocycles. The minimum absolute atomic E-state index is 0.157. The molecule has 3 heterocycles. The molecule has 2 bridgehead atoms. The molecule has 3 atom stereocenters. The van der Waals surface area contributed by atoms with Crippen molar-refractivity contribution in [2.45, 2.75) is 50.9 Å². The highest BCUT2D eigenvalue weighted by atomic mass is 16.5. The third-order valence-electron chi connectivity index (χ3n) is 8.40. The Balaban J connectivity index is 1.75. The molecule has 0 saturated carbocycles. The van der Waals surface area contributed by atoms with Crippen LogP contribution in [-0.4, -0.2) is 53.8 Å². The van der Waals surface area contributed by atoms with Crippen molar-refractivity contribution in [3.63, 3.8) is 0 Å². The van der Waals surface area contributed by atoms with Crippen molar-refractivity contribution in [2.24, 2.45) is 5.41 Å². The van der Waals surface area contributed by atoms with Crippen LogP contribution in [0.5, 0.6) is 5.75 Å². The quantitative estimate of drug-likeness (QED) is 0.363. The minimum atomic E-state index is -1.88. The molecule has 3 aromatic rings. The molecule has 39 heavy (non-hydrogen) atoms. The number of carbonyl (C=O) groups excluding carboxylic acids is 2. The molecule has 2 aliphatic rings. The van der Waals surface area contributed by atoms with Crippen LogP contribution in [0.25, 0.3) is 10.9 Å². The van der Waals surface area contributed by atoms with Gasteiger partial charge in [0.25, 0.3) is 0 Å². The van der Waals surface area contributed by atoms with Crippen LogP contribution in [0.15, 0.2) is 66.9 Å². The molecule has 0 unspecified atom stereocenters. The summed E-state index contributed by atoms with van der Waals surface area (Å²) in [5.41, 5.74) is 0.146. The van der Waals surface area contributed by atoms with E-state index in [0.717, 1.165) is 34.3 Å². The maximum atomic E-state index is 13.4. The van der Waals surface area contributed by atoms with E-state index < -0.39 is 29.2 Å². The van der Waals surface area contributed by atoms with Crippen LogP contribution in [0.1, 0.15) is 50.0 Å². The Labute approximate surface area is 228 Å². The van der Waals surface area contributed by atoms with Gasteiger partial charge in [0.15, 0.2) is 0 Å². The lowest BCUT2D eigenvalue weighted by molar-refractivity contribution is -0.192. The molecule has 206 valence electrons. The third kappa shape index (κ3) is 4.67. The number of hydrogen-bond acceptors (Lipinski definition) is 7. The molecule has 8 heteroatoms. The van der Waals surface area contributed by atoms with Crippen LogP contribution < -0.4 is 4.74 Å². The first kappa shape index (κ1) is 26.8. The maximum Gasteiger partial charge on any atom is 0.359 e. The number of methoxy groups -OCH3 is 2. The summed E-state index contributed by atoms with van der Waals surface area (Å²) < 4.78 is 18.6. The van der Waals surface area contributed by atoms with Crippen LogP contribution in [0.4, 0.5) is 0 Å². The molecule has 2 aliphatic heterocycles. The fourth-order valence-corrected chi connectivity index (χ4v) is 6.45. The van der Waals surface area contributed by atoms with Crippen LogP contribution in [0, 0.1) is 5.41 Å². The maximum absolute atomic E-state index is 13.4. The van der Waals surface area contributed by atoms with E-state index in [1.54, 1.807) is 10.8 Å². The Morgan fingerprint density at radius 2 is 1.79 bits per heavy atom.